The Kier molecular flexibility index (Phi) is 5.53. The Balaban J connectivity index is 1.96. The smallest absolute Gasteiger partial charge is 0.358 e. The monoisotopic (exact) mass is 370 g/mol. The van der Waals surface area contributed by atoms with Gasteiger partial charge in [0, 0.05) is 30.4 Å². The number of hydrogen-bond donors (Lipinski definition) is 1. The quantitative estimate of drug-likeness (QED) is 0.788. The zero-order valence-electron chi connectivity index (χ0n) is 17.0. The van der Waals surface area contributed by atoms with E-state index in [2.05, 4.69) is 27.0 Å². The average Bonchev–Trinajstić information content (AvgIpc) is 3.24. The third kappa shape index (κ3) is 4.49. The second kappa shape index (κ2) is 7.71. The number of ether oxygens (including phenoxy) is 1. The Bertz CT molecular complexity index is 814. The molecule has 0 spiro atoms. The Hall–Kier alpha value is -2.37. The molecule has 1 fully saturated rings. The van der Waals surface area contributed by atoms with Crippen molar-refractivity contribution in [2.75, 3.05) is 12.4 Å². The van der Waals surface area contributed by atoms with Crippen LogP contribution in [0.5, 0.6) is 0 Å². The summed E-state index contributed by atoms with van der Waals surface area (Å²) < 4.78 is 7.65. The Morgan fingerprint density at radius 2 is 1.96 bits per heavy atom. The lowest BCUT2D eigenvalue weighted by Crippen LogP contribution is -2.25. The van der Waals surface area contributed by atoms with E-state index < -0.39 is 11.6 Å². The van der Waals surface area contributed by atoms with Gasteiger partial charge in [-0.1, -0.05) is 12.8 Å². The van der Waals surface area contributed by atoms with Crippen LogP contribution in [-0.2, 0) is 11.3 Å². The highest BCUT2D eigenvalue weighted by Crippen LogP contribution is 2.31. The molecule has 0 bridgehead atoms. The van der Waals surface area contributed by atoms with Crippen molar-refractivity contribution in [1.29, 1.82) is 0 Å². The maximum absolute atomic E-state index is 12.8. The van der Waals surface area contributed by atoms with Gasteiger partial charge in [0.15, 0.2) is 5.69 Å². The molecule has 1 saturated carbocycles. The lowest BCUT2D eigenvalue weighted by molar-refractivity contribution is 0.00640. The molecule has 6 heteroatoms. The minimum Gasteiger partial charge on any atom is -0.455 e. The molecule has 0 saturated heterocycles. The molecule has 0 aliphatic heterocycles. The van der Waals surface area contributed by atoms with Crippen LogP contribution >= 0.6 is 0 Å². The van der Waals surface area contributed by atoms with Crippen molar-refractivity contribution >= 4 is 11.8 Å². The van der Waals surface area contributed by atoms with E-state index in [0.717, 1.165) is 23.4 Å². The molecule has 27 heavy (non-hydrogen) atoms. The number of carbonyl (C=O) groups excluding carboxylic acids is 1. The minimum atomic E-state index is -0.576. The summed E-state index contributed by atoms with van der Waals surface area (Å²) in [6.45, 7) is 8.57. The second-order valence-electron chi connectivity index (χ2n) is 8.32. The topological polar surface area (TPSA) is 69.0 Å². The first kappa shape index (κ1) is 19.4. The van der Waals surface area contributed by atoms with Crippen LogP contribution in [0.25, 0.3) is 11.1 Å². The van der Waals surface area contributed by atoms with E-state index in [0.29, 0.717) is 17.4 Å². The van der Waals surface area contributed by atoms with Crippen LogP contribution in [0.15, 0.2) is 18.3 Å². The van der Waals surface area contributed by atoms with Crippen molar-refractivity contribution in [2.45, 2.75) is 65.5 Å². The van der Waals surface area contributed by atoms with Gasteiger partial charge in [-0.25, -0.2) is 9.78 Å². The highest BCUT2D eigenvalue weighted by Gasteiger charge is 2.25. The van der Waals surface area contributed by atoms with Gasteiger partial charge in [0.25, 0.3) is 0 Å². The van der Waals surface area contributed by atoms with Crippen LogP contribution in [0.4, 0.5) is 5.82 Å². The fraction of sp³-hybridized carbons (Fsp3) is 0.571. The van der Waals surface area contributed by atoms with E-state index in [1.165, 1.54) is 25.7 Å². The molecular formula is C21H30N4O2. The number of hydrogen-bond acceptors (Lipinski definition) is 5. The highest BCUT2D eigenvalue weighted by atomic mass is 16.6. The number of esters is 1. The maximum Gasteiger partial charge on any atom is 0.358 e. The van der Waals surface area contributed by atoms with Gasteiger partial charge in [-0.05, 0) is 58.6 Å². The van der Waals surface area contributed by atoms with E-state index in [-0.39, 0.29) is 0 Å². The molecule has 6 nitrogen and oxygen atoms in total. The first-order valence-electron chi connectivity index (χ1n) is 9.73. The average molecular weight is 370 g/mol. The van der Waals surface area contributed by atoms with Crippen molar-refractivity contribution < 1.29 is 9.53 Å². The number of anilines is 1. The second-order valence-corrected chi connectivity index (χ2v) is 8.32. The molecule has 1 aliphatic rings. The molecular weight excluding hydrogens is 340 g/mol. The number of pyridine rings is 1. The molecule has 2 heterocycles. The summed E-state index contributed by atoms with van der Waals surface area (Å²) in [6.07, 6.45) is 7.02. The summed E-state index contributed by atoms with van der Waals surface area (Å²) in [6, 6.07) is 3.79. The zero-order chi connectivity index (χ0) is 19.6. The molecule has 3 rings (SSSR count). The largest absolute Gasteiger partial charge is 0.455 e. The number of nitrogens with one attached hydrogen (secondary N) is 1. The fourth-order valence-corrected chi connectivity index (χ4v) is 3.63. The molecule has 2 aromatic rings. The SMILES string of the molecule is CNc1ccc(-c2cnn(CC3CCCC3)c2C)c(C(=O)OC(C)(C)C)n1. The molecule has 2 aromatic heterocycles. The van der Waals surface area contributed by atoms with Crippen molar-refractivity contribution in [3.05, 3.63) is 29.7 Å². The normalized spacial score (nSPS) is 15.1. The Morgan fingerprint density at radius 3 is 2.59 bits per heavy atom. The van der Waals surface area contributed by atoms with Gasteiger partial charge in [0.2, 0.25) is 0 Å². The van der Waals surface area contributed by atoms with Gasteiger partial charge in [-0.15, -0.1) is 0 Å². The first-order chi connectivity index (χ1) is 12.8. The number of carbonyl (C=O) groups is 1. The van der Waals surface area contributed by atoms with Gasteiger partial charge in [0.05, 0.1) is 6.20 Å². The zero-order valence-corrected chi connectivity index (χ0v) is 17.0. The van der Waals surface area contributed by atoms with E-state index in [4.69, 9.17) is 4.74 Å². The van der Waals surface area contributed by atoms with Gasteiger partial charge in [-0.2, -0.15) is 5.10 Å². The minimum absolute atomic E-state index is 0.320. The molecule has 146 valence electrons. The maximum atomic E-state index is 12.8. The Morgan fingerprint density at radius 1 is 1.26 bits per heavy atom. The van der Waals surface area contributed by atoms with Crippen molar-refractivity contribution in [2.24, 2.45) is 5.92 Å². The molecule has 0 amide bonds. The van der Waals surface area contributed by atoms with Gasteiger partial charge in [0.1, 0.15) is 11.4 Å². The number of rotatable bonds is 5. The third-order valence-corrected chi connectivity index (χ3v) is 5.04. The Labute approximate surface area is 161 Å². The van der Waals surface area contributed by atoms with Crippen molar-refractivity contribution in [1.82, 2.24) is 14.8 Å². The van der Waals surface area contributed by atoms with Crippen LogP contribution in [-0.4, -0.2) is 33.4 Å². The summed E-state index contributed by atoms with van der Waals surface area (Å²) in [7, 11) is 1.78. The van der Waals surface area contributed by atoms with Crippen LogP contribution < -0.4 is 5.32 Å². The van der Waals surface area contributed by atoms with Crippen LogP contribution in [0, 0.1) is 12.8 Å². The number of nitrogens with zero attached hydrogens (tertiary/aromatic N) is 3. The van der Waals surface area contributed by atoms with Gasteiger partial charge in [-0.3, -0.25) is 4.68 Å². The molecule has 1 N–H and O–H groups in total. The predicted octanol–water partition coefficient (Wildman–Crippen LogP) is 4.44. The molecule has 0 aromatic carbocycles. The third-order valence-electron chi connectivity index (χ3n) is 5.04. The highest BCUT2D eigenvalue weighted by molar-refractivity contribution is 5.96. The van der Waals surface area contributed by atoms with E-state index >= 15 is 0 Å². The standard InChI is InChI=1S/C21H30N4O2/c1-14-17(12-23-25(14)13-15-8-6-7-9-15)16-10-11-18(22-5)24-19(16)20(26)27-21(2,3)4/h10-12,15H,6-9,13H2,1-5H3,(H,22,24). The van der Waals surface area contributed by atoms with Crippen LogP contribution in [0.3, 0.4) is 0 Å². The van der Waals surface area contributed by atoms with Crippen LogP contribution in [0.2, 0.25) is 0 Å². The summed E-state index contributed by atoms with van der Waals surface area (Å²) in [5.74, 6) is 0.916. The van der Waals surface area contributed by atoms with Crippen molar-refractivity contribution in [3.8, 4) is 11.1 Å². The molecule has 0 unspecified atom stereocenters. The summed E-state index contributed by atoms with van der Waals surface area (Å²) in [5, 5.41) is 7.59. The van der Waals surface area contributed by atoms with Gasteiger partial charge >= 0.3 is 5.97 Å². The van der Waals surface area contributed by atoms with E-state index in [1.54, 1.807) is 7.05 Å². The molecule has 0 radical (unpaired) electrons. The first-order valence-corrected chi connectivity index (χ1v) is 9.73. The number of aromatic nitrogens is 3. The summed E-state index contributed by atoms with van der Waals surface area (Å²) in [5.41, 5.74) is 2.50. The summed E-state index contributed by atoms with van der Waals surface area (Å²) in [4.78, 5) is 17.3. The van der Waals surface area contributed by atoms with E-state index in [1.807, 2.05) is 39.1 Å². The van der Waals surface area contributed by atoms with Crippen LogP contribution in [0.1, 0.15) is 62.6 Å². The lowest BCUT2D eigenvalue weighted by Gasteiger charge is -2.20. The lowest BCUT2D eigenvalue weighted by atomic mass is 10.0. The fourth-order valence-electron chi connectivity index (χ4n) is 3.63. The van der Waals surface area contributed by atoms with Crippen molar-refractivity contribution in [3.63, 3.8) is 0 Å². The summed E-state index contributed by atoms with van der Waals surface area (Å²) >= 11 is 0. The van der Waals surface area contributed by atoms with E-state index in [9.17, 15) is 4.79 Å². The molecule has 0 atom stereocenters. The molecule has 1 aliphatic carbocycles. The van der Waals surface area contributed by atoms with Gasteiger partial charge < -0.3 is 10.1 Å². The predicted molar refractivity (Wildman–Crippen MR) is 107 cm³/mol.